The number of halogens is 1. The van der Waals surface area contributed by atoms with Gasteiger partial charge in [-0.3, -0.25) is 0 Å². The number of primary sulfonamides is 1. The van der Waals surface area contributed by atoms with Crippen LogP contribution in [0.3, 0.4) is 0 Å². The second kappa shape index (κ2) is 5.30. The van der Waals surface area contributed by atoms with Crippen LogP contribution in [-0.2, 0) is 16.6 Å². The topological polar surface area (TPSA) is 80.4 Å². The fraction of sp³-hybridized carbons (Fsp3) is 0.0769. The molecule has 0 radical (unpaired) electrons. The van der Waals surface area contributed by atoms with Crippen LogP contribution in [0, 0.1) is 0 Å². The lowest BCUT2D eigenvalue weighted by molar-refractivity contribution is 0.282. The minimum Gasteiger partial charge on any atom is -0.392 e. The minimum atomic E-state index is -3.84. The van der Waals surface area contributed by atoms with Crippen LogP contribution in [0.15, 0.2) is 47.4 Å². The largest absolute Gasteiger partial charge is 0.392 e. The van der Waals surface area contributed by atoms with Crippen molar-refractivity contribution in [2.24, 2.45) is 5.14 Å². The molecule has 0 aromatic heterocycles. The van der Waals surface area contributed by atoms with Crippen LogP contribution in [-0.4, -0.2) is 13.5 Å². The molecule has 6 heteroatoms. The van der Waals surface area contributed by atoms with Crippen molar-refractivity contribution in [2.75, 3.05) is 0 Å². The van der Waals surface area contributed by atoms with Crippen LogP contribution in [0.25, 0.3) is 11.1 Å². The third kappa shape index (κ3) is 2.96. The molecule has 2 aromatic rings. The lowest BCUT2D eigenvalue weighted by Crippen LogP contribution is -2.13. The number of benzene rings is 2. The Morgan fingerprint density at radius 2 is 1.79 bits per heavy atom. The Morgan fingerprint density at radius 1 is 1.11 bits per heavy atom. The van der Waals surface area contributed by atoms with E-state index in [0.29, 0.717) is 21.7 Å². The second-order valence-corrected chi connectivity index (χ2v) is 5.97. The molecule has 0 atom stereocenters. The van der Waals surface area contributed by atoms with Gasteiger partial charge in [0.05, 0.1) is 11.5 Å². The van der Waals surface area contributed by atoms with Gasteiger partial charge in [-0.05, 0) is 29.3 Å². The highest BCUT2D eigenvalue weighted by Gasteiger charge is 2.16. The number of rotatable bonds is 3. The smallest absolute Gasteiger partial charge is 0.238 e. The van der Waals surface area contributed by atoms with E-state index in [4.69, 9.17) is 16.7 Å². The average Bonchev–Trinajstić information content (AvgIpc) is 2.37. The number of nitrogens with two attached hydrogens (primary N) is 1. The first-order valence-corrected chi connectivity index (χ1v) is 7.37. The molecule has 0 heterocycles. The van der Waals surface area contributed by atoms with Gasteiger partial charge in [0.1, 0.15) is 0 Å². The maximum absolute atomic E-state index is 11.6. The van der Waals surface area contributed by atoms with Crippen LogP contribution in [0.4, 0.5) is 0 Å². The van der Waals surface area contributed by atoms with E-state index in [2.05, 4.69) is 0 Å². The van der Waals surface area contributed by atoms with Crippen molar-refractivity contribution >= 4 is 21.6 Å². The monoisotopic (exact) mass is 297 g/mol. The number of hydrogen-bond acceptors (Lipinski definition) is 3. The predicted molar refractivity (Wildman–Crippen MR) is 74.2 cm³/mol. The van der Waals surface area contributed by atoms with Gasteiger partial charge < -0.3 is 5.11 Å². The van der Waals surface area contributed by atoms with E-state index < -0.39 is 10.0 Å². The van der Waals surface area contributed by atoms with Gasteiger partial charge in [-0.2, -0.15) is 0 Å². The summed E-state index contributed by atoms with van der Waals surface area (Å²) < 4.78 is 23.2. The lowest BCUT2D eigenvalue weighted by Gasteiger charge is -2.12. The highest BCUT2D eigenvalue weighted by molar-refractivity contribution is 7.89. The maximum atomic E-state index is 11.6. The van der Waals surface area contributed by atoms with Crippen LogP contribution in [0.1, 0.15) is 5.56 Å². The van der Waals surface area contributed by atoms with Crippen molar-refractivity contribution in [1.29, 1.82) is 0 Å². The molecule has 2 rings (SSSR count). The van der Waals surface area contributed by atoms with E-state index in [1.54, 1.807) is 36.4 Å². The zero-order valence-electron chi connectivity index (χ0n) is 9.88. The van der Waals surface area contributed by atoms with Crippen molar-refractivity contribution in [1.82, 2.24) is 0 Å². The van der Waals surface area contributed by atoms with E-state index in [1.165, 1.54) is 6.07 Å². The maximum Gasteiger partial charge on any atom is 0.238 e. The zero-order valence-corrected chi connectivity index (χ0v) is 11.4. The molecule has 19 heavy (non-hydrogen) atoms. The van der Waals surface area contributed by atoms with Gasteiger partial charge in [0.2, 0.25) is 10.0 Å². The summed E-state index contributed by atoms with van der Waals surface area (Å²) >= 11 is 5.93. The summed E-state index contributed by atoms with van der Waals surface area (Å²) in [5.74, 6) is 0. The Bertz CT molecular complexity index is 714. The molecule has 0 fully saturated rings. The van der Waals surface area contributed by atoms with E-state index >= 15 is 0 Å². The standard InChI is InChI=1S/C13H12ClNO3S/c14-10-6-5-9(8-16)12(7-10)11-3-1-2-4-13(11)19(15,17)18/h1-7,16H,8H2,(H2,15,17,18). The summed E-state index contributed by atoms with van der Waals surface area (Å²) in [6, 6.07) is 11.2. The van der Waals surface area contributed by atoms with Gasteiger partial charge in [-0.1, -0.05) is 35.9 Å². The first-order chi connectivity index (χ1) is 8.93. The van der Waals surface area contributed by atoms with Crippen molar-refractivity contribution in [2.45, 2.75) is 11.5 Å². The zero-order chi connectivity index (χ0) is 14.0. The number of aliphatic hydroxyl groups excluding tert-OH is 1. The Balaban J connectivity index is 2.76. The third-order valence-electron chi connectivity index (χ3n) is 2.73. The molecular formula is C13H12ClNO3S. The molecule has 0 aliphatic heterocycles. The molecule has 100 valence electrons. The molecule has 0 saturated heterocycles. The van der Waals surface area contributed by atoms with Crippen LogP contribution >= 0.6 is 11.6 Å². The SMILES string of the molecule is NS(=O)(=O)c1ccccc1-c1cc(Cl)ccc1CO. The van der Waals surface area contributed by atoms with Gasteiger partial charge in [0.25, 0.3) is 0 Å². The van der Waals surface area contributed by atoms with Crippen LogP contribution in [0.2, 0.25) is 5.02 Å². The van der Waals surface area contributed by atoms with Crippen molar-refractivity contribution < 1.29 is 13.5 Å². The van der Waals surface area contributed by atoms with E-state index in [-0.39, 0.29) is 11.5 Å². The number of hydrogen-bond donors (Lipinski definition) is 2. The number of sulfonamides is 1. The Labute approximate surface area is 116 Å². The first kappa shape index (κ1) is 14.0. The summed E-state index contributed by atoms with van der Waals surface area (Å²) in [4.78, 5) is 0.00645. The molecule has 0 aliphatic rings. The molecule has 2 aromatic carbocycles. The molecule has 0 amide bonds. The Morgan fingerprint density at radius 3 is 2.42 bits per heavy atom. The van der Waals surface area contributed by atoms with E-state index in [1.807, 2.05) is 0 Å². The van der Waals surface area contributed by atoms with Gasteiger partial charge in [0.15, 0.2) is 0 Å². The van der Waals surface area contributed by atoms with Crippen LogP contribution in [0.5, 0.6) is 0 Å². The molecular weight excluding hydrogens is 286 g/mol. The number of aliphatic hydroxyl groups is 1. The highest BCUT2D eigenvalue weighted by Crippen LogP contribution is 2.31. The van der Waals surface area contributed by atoms with Crippen LogP contribution < -0.4 is 5.14 Å². The molecule has 0 aliphatic carbocycles. The molecule has 0 bridgehead atoms. The highest BCUT2D eigenvalue weighted by atomic mass is 35.5. The lowest BCUT2D eigenvalue weighted by atomic mass is 10.00. The summed E-state index contributed by atoms with van der Waals surface area (Å²) in [7, 11) is -3.84. The van der Waals surface area contributed by atoms with Gasteiger partial charge in [-0.15, -0.1) is 0 Å². The molecule has 0 saturated carbocycles. The fourth-order valence-corrected chi connectivity index (χ4v) is 2.80. The van der Waals surface area contributed by atoms with E-state index in [0.717, 1.165) is 0 Å². The molecule has 0 unspecified atom stereocenters. The molecule has 0 spiro atoms. The predicted octanol–water partition coefficient (Wildman–Crippen LogP) is 2.15. The van der Waals surface area contributed by atoms with Gasteiger partial charge in [0, 0.05) is 10.6 Å². The van der Waals surface area contributed by atoms with Crippen molar-refractivity contribution in [3.63, 3.8) is 0 Å². The minimum absolute atomic E-state index is 0.00645. The third-order valence-corrected chi connectivity index (χ3v) is 3.93. The van der Waals surface area contributed by atoms with Gasteiger partial charge in [-0.25, -0.2) is 13.6 Å². The second-order valence-electron chi connectivity index (χ2n) is 4.00. The van der Waals surface area contributed by atoms with Crippen molar-refractivity contribution in [3.8, 4) is 11.1 Å². The summed E-state index contributed by atoms with van der Waals surface area (Å²) in [5, 5.41) is 15.0. The van der Waals surface area contributed by atoms with Gasteiger partial charge >= 0.3 is 0 Å². The summed E-state index contributed by atoms with van der Waals surface area (Å²) in [6.45, 7) is -0.217. The quantitative estimate of drug-likeness (QED) is 0.911. The fourth-order valence-electron chi connectivity index (χ4n) is 1.87. The molecule has 3 N–H and O–H groups in total. The summed E-state index contributed by atoms with van der Waals surface area (Å²) in [6.07, 6.45) is 0. The Hall–Kier alpha value is -1.40. The molecule has 4 nitrogen and oxygen atoms in total. The first-order valence-electron chi connectivity index (χ1n) is 5.45. The Kier molecular flexibility index (Phi) is 3.91. The average molecular weight is 298 g/mol. The summed E-state index contributed by atoms with van der Waals surface area (Å²) in [5.41, 5.74) is 1.57. The van der Waals surface area contributed by atoms with E-state index in [9.17, 15) is 13.5 Å². The normalized spacial score (nSPS) is 11.5. The van der Waals surface area contributed by atoms with Crippen molar-refractivity contribution in [3.05, 3.63) is 53.1 Å².